The molecule has 0 aliphatic carbocycles. The molecular formula is C30H39IrN2O2-. The molecule has 191 valence electrons. The molecule has 3 aromatic rings. The number of carbonyl (C=O) groups excluding carboxylic acids is 1. The Bertz CT molecular complexity index is 1190. The van der Waals surface area contributed by atoms with Gasteiger partial charge in [0.2, 0.25) is 0 Å². The number of aliphatic hydroxyl groups is 1. The Balaban J connectivity index is 0.000000383. The number of aromatic nitrogens is 2. The van der Waals surface area contributed by atoms with E-state index in [2.05, 4.69) is 50.9 Å². The van der Waals surface area contributed by atoms with Gasteiger partial charge in [-0.3, -0.25) is 14.8 Å². The van der Waals surface area contributed by atoms with Gasteiger partial charge in [0, 0.05) is 43.2 Å². The molecule has 0 saturated heterocycles. The number of rotatable bonds is 2. The number of ketones is 1. The van der Waals surface area contributed by atoms with Crippen molar-refractivity contribution < 1.29 is 30.0 Å². The second kappa shape index (κ2) is 11.6. The van der Waals surface area contributed by atoms with Gasteiger partial charge in [-0.05, 0) is 29.3 Å². The number of hydrogen-bond donors (Lipinski definition) is 1. The molecule has 5 heteroatoms. The molecule has 0 saturated carbocycles. The minimum absolute atomic E-state index is 0. The van der Waals surface area contributed by atoms with Crippen LogP contribution in [0.15, 0.2) is 54.4 Å². The van der Waals surface area contributed by atoms with Crippen LogP contribution in [0.3, 0.4) is 0 Å². The monoisotopic (exact) mass is 652 g/mol. The SMILES string of the molecule is CC(C)(C)C(=O)/C=C(\O)C(C)(C)C.Cc1[c-]c(-c2ccc3ncccc3n2)cc(C(C)(C)C)c1.[Ir]. The maximum Gasteiger partial charge on any atom is 0.164 e. The van der Waals surface area contributed by atoms with E-state index in [0.717, 1.165) is 27.9 Å². The molecule has 1 N–H and O–H groups in total. The maximum absolute atomic E-state index is 11.5. The minimum atomic E-state index is -0.417. The smallest absolute Gasteiger partial charge is 0.164 e. The number of pyridine rings is 2. The number of fused-ring (bicyclic) bond motifs is 1. The fraction of sp³-hybridized carbons (Fsp3) is 0.433. The van der Waals surface area contributed by atoms with Crippen LogP contribution in [0.25, 0.3) is 22.3 Å². The molecule has 2 heterocycles. The predicted octanol–water partition coefficient (Wildman–Crippen LogP) is 7.79. The summed E-state index contributed by atoms with van der Waals surface area (Å²) in [5, 5.41) is 9.56. The first kappa shape index (κ1) is 30.7. The van der Waals surface area contributed by atoms with Crippen molar-refractivity contribution in [2.75, 3.05) is 0 Å². The van der Waals surface area contributed by atoms with Gasteiger partial charge in [-0.15, -0.1) is 34.9 Å². The zero-order valence-corrected chi connectivity index (χ0v) is 25.1. The van der Waals surface area contributed by atoms with E-state index in [0.29, 0.717) is 0 Å². The Morgan fingerprint density at radius 3 is 2.09 bits per heavy atom. The van der Waals surface area contributed by atoms with E-state index < -0.39 is 5.41 Å². The third-order valence-corrected chi connectivity index (χ3v) is 5.38. The molecule has 0 spiro atoms. The molecule has 0 amide bonds. The first-order chi connectivity index (χ1) is 15.5. The van der Waals surface area contributed by atoms with Gasteiger partial charge in [0.25, 0.3) is 0 Å². The van der Waals surface area contributed by atoms with E-state index in [1.165, 1.54) is 11.6 Å². The van der Waals surface area contributed by atoms with E-state index in [-0.39, 0.29) is 42.5 Å². The van der Waals surface area contributed by atoms with Gasteiger partial charge in [0.05, 0.1) is 11.0 Å². The Labute approximate surface area is 224 Å². The molecule has 4 nitrogen and oxygen atoms in total. The van der Waals surface area contributed by atoms with E-state index in [9.17, 15) is 9.90 Å². The Hall–Kier alpha value is -2.36. The summed E-state index contributed by atoms with van der Waals surface area (Å²) in [5.74, 6) is 0.104. The second-order valence-corrected chi connectivity index (χ2v) is 11.8. The van der Waals surface area contributed by atoms with E-state index >= 15 is 0 Å². The van der Waals surface area contributed by atoms with E-state index in [4.69, 9.17) is 4.98 Å². The van der Waals surface area contributed by atoms with Gasteiger partial charge >= 0.3 is 0 Å². The molecular weight excluding hydrogens is 613 g/mol. The van der Waals surface area contributed by atoms with Crippen LogP contribution in [0, 0.1) is 23.8 Å². The van der Waals surface area contributed by atoms with E-state index in [1.54, 1.807) is 6.20 Å². The summed E-state index contributed by atoms with van der Waals surface area (Å²) in [6, 6.07) is 15.8. The molecule has 1 radical (unpaired) electrons. The average Bonchev–Trinajstić information content (AvgIpc) is 2.71. The summed E-state index contributed by atoms with van der Waals surface area (Å²) in [4.78, 5) is 20.5. The topological polar surface area (TPSA) is 63.1 Å². The van der Waals surface area contributed by atoms with Gasteiger partial charge in [0.15, 0.2) is 5.78 Å². The summed E-state index contributed by atoms with van der Waals surface area (Å²) < 4.78 is 0. The molecule has 0 aliphatic rings. The number of hydrogen-bond acceptors (Lipinski definition) is 4. The molecule has 0 fully saturated rings. The standard InChI is InChI=1S/C19H19N2.C11H20O2.Ir/c1-13-10-14(12-15(11-13)19(2,3)4)16-7-8-17-18(21-16)6-5-9-20-17;1-10(2,3)8(12)7-9(13)11(4,5)6;/h5-9,11-12H,1-4H3;7,12H,1-6H3;/q-1;;/b;8-7-;. The largest absolute Gasteiger partial charge is 0.512 e. The predicted molar refractivity (Wildman–Crippen MR) is 142 cm³/mol. The number of aryl methyl sites for hydroxylation is 1. The van der Waals surface area contributed by atoms with Crippen molar-refractivity contribution in [1.29, 1.82) is 0 Å². The second-order valence-electron chi connectivity index (χ2n) is 11.8. The van der Waals surface area contributed by atoms with Crippen molar-refractivity contribution >= 4 is 16.8 Å². The van der Waals surface area contributed by atoms with Gasteiger partial charge in [-0.2, -0.15) is 0 Å². The van der Waals surface area contributed by atoms with E-state index in [1.807, 2.05) is 65.8 Å². The van der Waals surface area contributed by atoms with Crippen molar-refractivity contribution in [3.05, 3.63) is 71.6 Å². The normalized spacial score (nSPS) is 12.5. The summed E-state index contributed by atoms with van der Waals surface area (Å²) in [6.45, 7) is 19.9. The fourth-order valence-corrected chi connectivity index (χ4v) is 2.95. The number of nitrogens with zero attached hydrogens (tertiary/aromatic N) is 2. The molecule has 1 aromatic carbocycles. The first-order valence-electron chi connectivity index (χ1n) is 11.7. The average molecular weight is 652 g/mol. The van der Waals surface area contributed by atoms with Crippen LogP contribution in [-0.2, 0) is 30.3 Å². The zero-order valence-electron chi connectivity index (χ0n) is 22.7. The third kappa shape index (κ3) is 8.98. The quantitative estimate of drug-likeness (QED) is 0.175. The molecule has 0 aliphatic heterocycles. The van der Waals surface area contributed by atoms with Gasteiger partial charge in [-0.1, -0.05) is 75.3 Å². The number of benzene rings is 1. The van der Waals surface area contributed by atoms with Crippen molar-refractivity contribution in [2.24, 2.45) is 10.8 Å². The van der Waals surface area contributed by atoms with Crippen molar-refractivity contribution in [2.45, 2.75) is 74.7 Å². The van der Waals surface area contributed by atoms with Crippen molar-refractivity contribution in [3.63, 3.8) is 0 Å². The van der Waals surface area contributed by atoms with Gasteiger partial charge in [-0.25, -0.2) is 0 Å². The maximum atomic E-state index is 11.5. The number of carbonyl (C=O) groups is 1. The summed E-state index contributed by atoms with van der Waals surface area (Å²) >= 11 is 0. The Morgan fingerprint density at radius 1 is 0.914 bits per heavy atom. The first-order valence-corrected chi connectivity index (χ1v) is 11.7. The van der Waals surface area contributed by atoms with Crippen LogP contribution in [0.5, 0.6) is 0 Å². The molecule has 0 atom stereocenters. The Kier molecular flexibility index (Phi) is 10.1. The summed E-state index contributed by atoms with van der Waals surface area (Å²) in [7, 11) is 0. The summed E-state index contributed by atoms with van der Waals surface area (Å²) in [5.41, 5.74) is 5.64. The summed E-state index contributed by atoms with van der Waals surface area (Å²) in [6.07, 6.45) is 3.13. The number of aliphatic hydroxyl groups excluding tert-OH is 1. The van der Waals surface area contributed by atoms with Crippen LogP contribution < -0.4 is 0 Å². The molecule has 2 aromatic heterocycles. The zero-order chi connectivity index (χ0) is 25.9. The van der Waals surface area contributed by atoms with Crippen LogP contribution in [0.4, 0.5) is 0 Å². The minimum Gasteiger partial charge on any atom is -0.512 e. The van der Waals surface area contributed by atoms with Crippen LogP contribution in [0.2, 0.25) is 0 Å². The van der Waals surface area contributed by atoms with Crippen LogP contribution >= 0.6 is 0 Å². The molecule has 0 bridgehead atoms. The van der Waals surface area contributed by atoms with Crippen molar-refractivity contribution in [1.82, 2.24) is 9.97 Å². The Morgan fingerprint density at radius 2 is 1.54 bits per heavy atom. The van der Waals surface area contributed by atoms with Crippen molar-refractivity contribution in [3.8, 4) is 11.3 Å². The third-order valence-electron chi connectivity index (χ3n) is 5.38. The molecule has 35 heavy (non-hydrogen) atoms. The van der Waals surface area contributed by atoms with Crippen LogP contribution in [-0.4, -0.2) is 20.9 Å². The van der Waals surface area contributed by atoms with Gasteiger partial charge in [0.1, 0.15) is 5.76 Å². The van der Waals surface area contributed by atoms with Crippen LogP contribution in [0.1, 0.15) is 73.4 Å². The number of allylic oxidation sites excluding steroid dienone is 2. The van der Waals surface area contributed by atoms with Gasteiger partial charge < -0.3 is 5.11 Å². The molecule has 0 unspecified atom stereocenters. The molecule has 3 rings (SSSR count). The fourth-order valence-electron chi connectivity index (χ4n) is 2.95.